The minimum Gasteiger partial charge on any atom is -0.444 e. The highest BCUT2D eigenvalue weighted by Gasteiger charge is 2.35. The highest BCUT2D eigenvalue weighted by atomic mass is 19.1. The van der Waals surface area contributed by atoms with E-state index in [9.17, 15) is 14.0 Å². The van der Waals surface area contributed by atoms with E-state index in [0.717, 1.165) is 0 Å². The summed E-state index contributed by atoms with van der Waals surface area (Å²) >= 11 is 0. The van der Waals surface area contributed by atoms with Gasteiger partial charge in [-0.2, -0.15) is 0 Å². The minimum atomic E-state index is -1.16. The zero-order chi connectivity index (χ0) is 15.3. The summed E-state index contributed by atoms with van der Waals surface area (Å²) in [7, 11) is 0. The minimum absolute atomic E-state index is 0.0220. The van der Waals surface area contributed by atoms with Crippen molar-refractivity contribution >= 4 is 12.0 Å². The summed E-state index contributed by atoms with van der Waals surface area (Å²) < 4.78 is 18.9. The average Bonchev–Trinajstić information content (AvgIpc) is 2.66. The van der Waals surface area contributed by atoms with E-state index in [4.69, 9.17) is 4.74 Å². The molecule has 0 unspecified atom stereocenters. The summed E-state index contributed by atoms with van der Waals surface area (Å²) in [5, 5.41) is 2.53. The van der Waals surface area contributed by atoms with Crippen molar-refractivity contribution in [1.29, 1.82) is 0 Å². The van der Waals surface area contributed by atoms with Crippen LogP contribution in [0.25, 0.3) is 0 Å². The predicted octanol–water partition coefficient (Wildman–Crippen LogP) is 1.33. The van der Waals surface area contributed by atoms with E-state index >= 15 is 0 Å². The molecule has 2 amide bonds. The lowest BCUT2D eigenvalue weighted by Crippen LogP contribution is -2.37. The molecular weight excluding hydrogens is 263 g/mol. The van der Waals surface area contributed by atoms with Gasteiger partial charge in [-0.1, -0.05) is 5.92 Å². The van der Waals surface area contributed by atoms with Crippen molar-refractivity contribution in [3.05, 3.63) is 0 Å². The quantitative estimate of drug-likeness (QED) is 0.778. The van der Waals surface area contributed by atoms with Gasteiger partial charge in [0.15, 0.2) is 0 Å². The summed E-state index contributed by atoms with van der Waals surface area (Å²) in [6, 6.07) is 0. The molecule has 1 aliphatic heterocycles. The van der Waals surface area contributed by atoms with Crippen molar-refractivity contribution < 1.29 is 18.7 Å². The van der Waals surface area contributed by atoms with Gasteiger partial charge in [0.25, 0.3) is 5.91 Å². The van der Waals surface area contributed by atoms with Crippen LogP contribution < -0.4 is 5.32 Å². The van der Waals surface area contributed by atoms with Crippen molar-refractivity contribution in [2.75, 3.05) is 19.6 Å². The summed E-state index contributed by atoms with van der Waals surface area (Å²) in [5.41, 5.74) is -0.590. The number of halogens is 1. The Morgan fingerprint density at radius 3 is 2.60 bits per heavy atom. The lowest BCUT2D eigenvalue weighted by molar-refractivity contribution is -0.124. The van der Waals surface area contributed by atoms with Crippen LogP contribution in [-0.2, 0) is 9.53 Å². The van der Waals surface area contributed by atoms with Crippen LogP contribution in [0, 0.1) is 17.8 Å². The molecule has 0 bridgehead atoms. The van der Waals surface area contributed by atoms with Gasteiger partial charge >= 0.3 is 6.09 Å². The molecule has 1 fully saturated rings. The van der Waals surface area contributed by atoms with Crippen LogP contribution >= 0.6 is 0 Å². The molecule has 0 spiro atoms. The second kappa shape index (κ2) is 6.60. The molecule has 6 heteroatoms. The number of alkyl halides is 1. The number of ether oxygens (including phenoxy) is 1. The third kappa shape index (κ3) is 5.08. The van der Waals surface area contributed by atoms with Gasteiger partial charge in [0.05, 0.1) is 6.54 Å². The first-order valence-corrected chi connectivity index (χ1v) is 6.55. The Hall–Kier alpha value is -1.77. The molecule has 1 saturated heterocycles. The van der Waals surface area contributed by atoms with Crippen LogP contribution in [0.4, 0.5) is 9.18 Å². The Labute approximate surface area is 118 Å². The maximum Gasteiger partial charge on any atom is 0.407 e. The number of hydrogen-bond acceptors (Lipinski definition) is 3. The molecule has 1 heterocycles. The van der Waals surface area contributed by atoms with Gasteiger partial charge in [-0.05, 0) is 33.6 Å². The molecule has 0 radical (unpaired) electrons. The summed E-state index contributed by atoms with van der Waals surface area (Å²) in [6.07, 6.45) is -1.74. The molecule has 1 aliphatic rings. The van der Waals surface area contributed by atoms with Crippen LogP contribution in [0.15, 0.2) is 0 Å². The van der Waals surface area contributed by atoms with Gasteiger partial charge < -0.3 is 15.0 Å². The van der Waals surface area contributed by atoms with E-state index in [1.165, 1.54) is 4.90 Å². The molecule has 1 N–H and O–H groups in total. The van der Waals surface area contributed by atoms with Gasteiger partial charge in [0, 0.05) is 19.0 Å². The van der Waals surface area contributed by atoms with Gasteiger partial charge in [-0.15, -0.1) is 0 Å². The molecule has 5 nitrogen and oxygen atoms in total. The van der Waals surface area contributed by atoms with Gasteiger partial charge in [-0.3, -0.25) is 4.79 Å². The van der Waals surface area contributed by atoms with E-state index in [0.29, 0.717) is 0 Å². The molecule has 0 aliphatic carbocycles. The normalized spacial score (nSPS) is 21.9. The van der Waals surface area contributed by atoms with Crippen molar-refractivity contribution in [3.8, 4) is 11.8 Å². The van der Waals surface area contributed by atoms with Crippen molar-refractivity contribution in [3.63, 3.8) is 0 Å². The number of rotatable bonds is 2. The number of nitrogens with zero attached hydrogens (tertiary/aromatic N) is 1. The fraction of sp³-hybridized carbons (Fsp3) is 0.714. The topological polar surface area (TPSA) is 58.6 Å². The van der Waals surface area contributed by atoms with Crippen molar-refractivity contribution in [2.45, 2.75) is 39.5 Å². The third-order valence-corrected chi connectivity index (χ3v) is 2.79. The van der Waals surface area contributed by atoms with Crippen LogP contribution in [0.3, 0.4) is 0 Å². The van der Waals surface area contributed by atoms with Crippen molar-refractivity contribution in [2.24, 2.45) is 5.92 Å². The van der Waals surface area contributed by atoms with E-state index in [2.05, 4.69) is 17.2 Å². The number of likely N-dealkylation sites (tertiary alicyclic amines) is 1. The monoisotopic (exact) mass is 284 g/mol. The molecule has 1 rings (SSSR count). The molecule has 0 aromatic heterocycles. The fourth-order valence-corrected chi connectivity index (χ4v) is 1.90. The molecule has 112 valence electrons. The molecule has 0 aromatic carbocycles. The number of carbonyl (C=O) groups excluding carboxylic acids is 2. The van der Waals surface area contributed by atoms with Crippen LogP contribution in [0.5, 0.6) is 0 Å². The summed E-state index contributed by atoms with van der Waals surface area (Å²) in [5.74, 6) is 4.07. The van der Waals surface area contributed by atoms with Crippen LogP contribution in [0.2, 0.25) is 0 Å². The Morgan fingerprint density at radius 2 is 2.05 bits per heavy atom. The van der Waals surface area contributed by atoms with E-state index < -0.39 is 23.8 Å². The standard InChI is InChI=1S/C14H21FN2O3/c1-5-6-12(18)17-8-10(11(15)9-17)7-16-13(19)20-14(2,3)4/h10-11H,7-9H2,1-4H3,(H,16,19)/t10-,11+/m0/s1. The Bertz CT molecular complexity index is 434. The summed E-state index contributed by atoms with van der Waals surface area (Å²) in [4.78, 5) is 24.4. The lowest BCUT2D eigenvalue weighted by atomic mass is 10.1. The predicted molar refractivity (Wildman–Crippen MR) is 72.7 cm³/mol. The Kier molecular flexibility index (Phi) is 5.37. The first kappa shape index (κ1) is 16.3. The molecule has 0 saturated carbocycles. The molecule has 2 atom stereocenters. The Balaban J connectivity index is 2.43. The largest absolute Gasteiger partial charge is 0.444 e. The van der Waals surface area contributed by atoms with Gasteiger partial charge in [0.1, 0.15) is 11.8 Å². The zero-order valence-corrected chi connectivity index (χ0v) is 12.3. The number of nitrogens with one attached hydrogen (secondary N) is 1. The third-order valence-electron chi connectivity index (χ3n) is 2.79. The van der Waals surface area contributed by atoms with Gasteiger partial charge in [0.2, 0.25) is 0 Å². The van der Waals surface area contributed by atoms with E-state index in [1.54, 1.807) is 27.7 Å². The highest BCUT2D eigenvalue weighted by molar-refractivity contribution is 5.93. The maximum absolute atomic E-state index is 13.8. The number of alkyl carbamates (subject to hydrolysis) is 1. The number of amides is 2. The SMILES string of the molecule is CC#CC(=O)N1C[C@H](CNC(=O)OC(C)(C)C)[C@H](F)C1. The number of carbonyl (C=O) groups is 2. The first-order chi connectivity index (χ1) is 9.23. The first-order valence-electron chi connectivity index (χ1n) is 6.55. The lowest BCUT2D eigenvalue weighted by Gasteiger charge is -2.21. The Morgan fingerprint density at radius 1 is 1.40 bits per heavy atom. The van der Waals surface area contributed by atoms with Crippen molar-refractivity contribution in [1.82, 2.24) is 10.2 Å². The second-order valence-electron chi connectivity index (χ2n) is 5.74. The van der Waals surface area contributed by atoms with E-state index in [1.807, 2.05) is 0 Å². The van der Waals surface area contributed by atoms with E-state index in [-0.39, 0.29) is 25.5 Å². The fourth-order valence-electron chi connectivity index (χ4n) is 1.90. The average molecular weight is 284 g/mol. The molecule has 0 aromatic rings. The van der Waals surface area contributed by atoms with Crippen LogP contribution in [0.1, 0.15) is 27.7 Å². The molecular formula is C14H21FN2O3. The maximum atomic E-state index is 13.8. The zero-order valence-electron chi connectivity index (χ0n) is 12.3. The summed E-state index contributed by atoms with van der Waals surface area (Å²) in [6.45, 7) is 7.23. The molecule has 20 heavy (non-hydrogen) atoms. The smallest absolute Gasteiger partial charge is 0.407 e. The number of hydrogen-bond donors (Lipinski definition) is 1. The highest BCUT2D eigenvalue weighted by Crippen LogP contribution is 2.19. The van der Waals surface area contributed by atoms with Crippen LogP contribution in [-0.4, -0.2) is 48.3 Å². The van der Waals surface area contributed by atoms with Gasteiger partial charge in [-0.25, -0.2) is 9.18 Å². The second-order valence-corrected chi connectivity index (χ2v) is 5.74.